The van der Waals surface area contributed by atoms with E-state index in [0.29, 0.717) is 6.07 Å². The monoisotopic (exact) mass is 413 g/mol. The summed E-state index contributed by atoms with van der Waals surface area (Å²) in [6.45, 7) is -1.76. The zero-order valence-corrected chi connectivity index (χ0v) is 14.4. The Labute approximate surface area is 156 Å². The van der Waals surface area contributed by atoms with Crippen molar-refractivity contribution in [1.29, 1.82) is 0 Å². The van der Waals surface area contributed by atoms with Crippen LogP contribution in [0.2, 0.25) is 0 Å². The van der Waals surface area contributed by atoms with E-state index in [0.717, 1.165) is 17.0 Å². The van der Waals surface area contributed by atoms with Crippen LogP contribution in [0, 0.1) is 5.82 Å². The molecule has 1 aliphatic heterocycles. The molecule has 1 aliphatic rings. The molecule has 1 N–H and O–H groups in total. The highest BCUT2D eigenvalue weighted by Gasteiger charge is 2.30. The zero-order valence-electron chi connectivity index (χ0n) is 14.4. The number of hydrogen-bond donors (Lipinski definition) is 1. The van der Waals surface area contributed by atoms with Gasteiger partial charge in [0.25, 0.3) is 6.43 Å². The summed E-state index contributed by atoms with van der Waals surface area (Å²) in [7, 11) is 0. The van der Waals surface area contributed by atoms with Gasteiger partial charge in [0.1, 0.15) is 11.6 Å². The number of carbonyl (C=O) groups excluding carboxylic acids is 2. The minimum Gasteiger partial charge on any atom is -0.482 e. The van der Waals surface area contributed by atoms with Crippen molar-refractivity contribution < 1.29 is 40.7 Å². The number of halogens is 6. The molecule has 0 radical (unpaired) electrons. The molecule has 1 fully saturated rings. The number of benzene rings is 1. The van der Waals surface area contributed by atoms with Crippen LogP contribution in [-0.2, 0) is 9.59 Å². The van der Waals surface area contributed by atoms with E-state index in [9.17, 15) is 35.9 Å². The van der Waals surface area contributed by atoms with Gasteiger partial charge in [0.2, 0.25) is 0 Å². The maximum atomic E-state index is 13.3. The molecule has 6 nitrogen and oxygen atoms in total. The smallest absolute Gasteiger partial charge is 0.422 e. The van der Waals surface area contributed by atoms with Gasteiger partial charge < -0.3 is 15.0 Å². The summed E-state index contributed by atoms with van der Waals surface area (Å²) in [5.41, 5.74) is -0.305. The molecule has 28 heavy (non-hydrogen) atoms. The summed E-state index contributed by atoms with van der Waals surface area (Å²) < 4.78 is 79.4. The SMILES string of the molecule is O=C(Nc1ccc(F)cc1OCC(F)(F)F)C(=O)N1CCN(CC(F)F)CC1. The number of amides is 2. The molecule has 1 saturated heterocycles. The van der Waals surface area contributed by atoms with Gasteiger partial charge in [-0.3, -0.25) is 14.5 Å². The van der Waals surface area contributed by atoms with Gasteiger partial charge in [-0.2, -0.15) is 13.2 Å². The topological polar surface area (TPSA) is 61.9 Å². The molecule has 0 unspecified atom stereocenters. The highest BCUT2D eigenvalue weighted by Crippen LogP contribution is 2.27. The summed E-state index contributed by atoms with van der Waals surface area (Å²) in [6.07, 6.45) is -7.19. The Hall–Kier alpha value is -2.50. The standard InChI is InChI=1S/C16H17F6N3O3/c17-10-1-2-11(12(7-10)28-9-16(20,21)22)23-14(26)15(27)25-5-3-24(4-6-25)8-13(18)19/h1-2,7,13H,3-6,8-9H2,(H,23,26). The third-order valence-electron chi connectivity index (χ3n) is 3.83. The zero-order chi connectivity index (χ0) is 20.9. The van der Waals surface area contributed by atoms with E-state index in [-0.39, 0.29) is 31.9 Å². The van der Waals surface area contributed by atoms with Gasteiger partial charge in [0, 0.05) is 32.2 Å². The van der Waals surface area contributed by atoms with Crippen molar-refractivity contribution in [2.75, 3.05) is 44.6 Å². The number of hydrogen-bond acceptors (Lipinski definition) is 4. The molecule has 0 bridgehead atoms. The third kappa shape index (κ3) is 6.59. The predicted molar refractivity (Wildman–Crippen MR) is 85.6 cm³/mol. The average Bonchev–Trinajstić information content (AvgIpc) is 2.60. The molecule has 156 valence electrons. The second-order valence-electron chi connectivity index (χ2n) is 5.98. The van der Waals surface area contributed by atoms with Crippen LogP contribution in [0.1, 0.15) is 0 Å². The van der Waals surface area contributed by atoms with Gasteiger partial charge in [0.05, 0.1) is 12.2 Å². The lowest BCUT2D eigenvalue weighted by molar-refractivity contribution is -0.153. The van der Waals surface area contributed by atoms with Crippen molar-refractivity contribution in [2.45, 2.75) is 12.6 Å². The quantitative estimate of drug-likeness (QED) is 0.594. The molecule has 0 aromatic heterocycles. The Morgan fingerprint density at radius 3 is 2.36 bits per heavy atom. The number of rotatable bonds is 5. The lowest BCUT2D eigenvalue weighted by atomic mass is 10.2. The van der Waals surface area contributed by atoms with E-state index in [2.05, 4.69) is 10.1 Å². The van der Waals surface area contributed by atoms with Crippen LogP contribution in [-0.4, -0.2) is 73.5 Å². The maximum absolute atomic E-state index is 13.3. The molecule has 0 aliphatic carbocycles. The Morgan fingerprint density at radius 1 is 1.14 bits per heavy atom. The average molecular weight is 413 g/mol. The number of nitrogens with zero attached hydrogens (tertiary/aromatic N) is 2. The number of ether oxygens (including phenoxy) is 1. The van der Waals surface area contributed by atoms with Crippen LogP contribution in [0.3, 0.4) is 0 Å². The minimum atomic E-state index is -4.68. The molecule has 0 saturated carbocycles. The van der Waals surface area contributed by atoms with Crippen molar-refractivity contribution in [3.63, 3.8) is 0 Å². The third-order valence-corrected chi connectivity index (χ3v) is 3.83. The molecular weight excluding hydrogens is 396 g/mol. The molecule has 0 atom stereocenters. The van der Waals surface area contributed by atoms with Crippen LogP contribution >= 0.6 is 0 Å². The molecule has 1 aromatic carbocycles. The normalized spacial score (nSPS) is 15.6. The second-order valence-corrected chi connectivity index (χ2v) is 5.98. The Morgan fingerprint density at radius 2 is 1.79 bits per heavy atom. The summed E-state index contributed by atoms with van der Waals surface area (Å²) in [4.78, 5) is 26.9. The molecule has 1 aromatic rings. The Kier molecular flexibility index (Phi) is 7.11. The lowest BCUT2D eigenvalue weighted by Crippen LogP contribution is -2.52. The number of piperazine rings is 1. The van der Waals surface area contributed by atoms with E-state index >= 15 is 0 Å². The molecule has 2 amide bonds. The van der Waals surface area contributed by atoms with Crippen molar-refractivity contribution in [3.8, 4) is 5.75 Å². The summed E-state index contributed by atoms with van der Waals surface area (Å²) >= 11 is 0. The predicted octanol–water partition coefficient (Wildman–Crippen LogP) is 2.11. The van der Waals surface area contributed by atoms with Crippen molar-refractivity contribution >= 4 is 17.5 Å². The molecule has 0 spiro atoms. The number of anilines is 1. The van der Waals surface area contributed by atoms with Crippen LogP contribution in [0.15, 0.2) is 18.2 Å². The molecular formula is C16H17F6N3O3. The fourth-order valence-electron chi connectivity index (χ4n) is 2.53. The first kappa shape index (κ1) is 21.8. The van der Waals surface area contributed by atoms with Crippen molar-refractivity contribution in [3.05, 3.63) is 24.0 Å². The van der Waals surface area contributed by atoms with Crippen LogP contribution < -0.4 is 10.1 Å². The number of nitrogens with one attached hydrogen (secondary N) is 1. The van der Waals surface area contributed by atoms with Gasteiger partial charge >= 0.3 is 18.0 Å². The van der Waals surface area contributed by atoms with Gasteiger partial charge in [-0.25, -0.2) is 13.2 Å². The maximum Gasteiger partial charge on any atom is 0.422 e. The van der Waals surface area contributed by atoms with Crippen molar-refractivity contribution in [2.24, 2.45) is 0 Å². The first-order valence-electron chi connectivity index (χ1n) is 8.15. The minimum absolute atomic E-state index is 0.0415. The summed E-state index contributed by atoms with van der Waals surface area (Å²) in [6, 6.07) is 2.49. The van der Waals surface area contributed by atoms with E-state index in [1.54, 1.807) is 0 Å². The largest absolute Gasteiger partial charge is 0.482 e. The van der Waals surface area contributed by atoms with Gasteiger partial charge in [0.15, 0.2) is 6.61 Å². The van der Waals surface area contributed by atoms with Crippen LogP contribution in [0.25, 0.3) is 0 Å². The van der Waals surface area contributed by atoms with Crippen LogP contribution in [0.5, 0.6) is 5.75 Å². The fraction of sp³-hybridized carbons (Fsp3) is 0.500. The first-order chi connectivity index (χ1) is 13.0. The fourth-order valence-corrected chi connectivity index (χ4v) is 2.53. The van der Waals surface area contributed by atoms with Gasteiger partial charge in [-0.05, 0) is 12.1 Å². The van der Waals surface area contributed by atoms with E-state index in [1.807, 2.05) is 0 Å². The number of alkyl halides is 5. The molecule has 1 heterocycles. The summed E-state index contributed by atoms with van der Waals surface area (Å²) in [5.74, 6) is -3.62. The molecule has 12 heteroatoms. The molecule has 2 rings (SSSR count). The van der Waals surface area contributed by atoms with E-state index in [1.165, 1.54) is 4.90 Å². The van der Waals surface area contributed by atoms with Crippen molar-refractivity contribution in [1.82, 2.24) is 9.80 Å². The Balaban J connectivity index is 1.98. The van der Waals surface area contributed by atoms with Crippen LogP contribution in [0.4, 0.5) is 32.0 Å². The lowest BCUT2D eigenvalue weighted by Gasteiger charge is -2.34. The second kappa shape index (κ2) is 9.13. The van der Waals surface area contributed by atoms with Gasteiger partial charge in [-0.15, -0.1) is 0 Å². The first-order valence-corrected chi connectivity index (χ1v) is 8.15. The van der Waals surface area contributed by atoms with Gasteiger partial charge in [-0.1, -0.05) is 0 Å². The van der Waals surface area contributed by atoms with E-state index < -0.39 is 49.1 Å². The number of carbonyl (C=O) groups is 2. The summed E-state index contributed by atoms with van der Waals surface area (Å²) in [5, 5.41) is 2.09. The van der Waals surface area contributed by atoms with E-state index in [4.69, 9.17) is 0 Å². The highest BCUT2D eigenvalue weighted by atomic mass is 19.4. The Bertz CT molecular complexity index is 705. The highest BCUT2D eigenvalue weighted by molar-refractivity contribution is 6.39.